The molecule has 0 amide bonds. The van der Waals surface area contributed by atoms with Gasteiger partial charge in [0.2, 0.25) is 0 Å². The first-order valence-corrected chi connectivity index (χ1v) is 11.2. The van der Waals surface area contributed by atoms with Crippen molar-refractivity contribution in [3.05, 3.63) is 0 Å². The second kappa shape index (κ2) is 13.3. The molecule has 2 rings (SSSR count). The molecule has 10 atom stereocenters. The molecular formula is C20H40N2O9. The van der Waals surface area contributed by atoms with Crippen molar-refractivity contribution in [2.75, 3.05) is 26.3 Å². The molecule has 0 spiro atoms. The minimum Gasteiger partial charge on any atom is -0.388 e. The number of hydrogen-bond donors (Lipinski definition) is 7. The number of ether oxygens (including phenoxy) is 4. The van der Waals surface area contributed by atoms with Crippen molar-refractivity contribution in [2.45, 2.75) is 101 Å². The zero-order chi connectivity index (χ0) is 23.0. The smallest absolute Gasteiger partial charge is 0.187 e. The summed E-state index contributed by atoms with van der Waals surface area (Å²) in [5, 5.41) is 54.6. The van der Waals surface area contributed by atoms with Crippen molar-refractivity contribution >= 4 is 0 Å². The van der Waals surface area contributed by atoms with Crippen LogP contribution < -0.4 is 11.1 Å². The van der Waals surface area contributed by atoms with E-state index < -0.39 is 61.3 Å². The highest BCUT2D eigenvalue weighted by Crippen LogP contribution is 2.30. The molecule has 0 aromatic rings. The fraction of sp³-hybridized carbons (Fsp3) is 1.00. The molecular weight excluding hydrogens is 412 g/mol. The zero-order valence-corrected chi connectivity index (χ0v) is 18.4. The summed E-state index contributed by atoms with van der Waals surface area (Å²) in [7, 11) is 0. The molecule has 184 valence electrons. The number of rotatable bonds is 12. The van der Waals surface area contributed by atoms with Crippen molar-refractivity contribution in [3.8, 4) is 0 Å². The summed E-state index contributed by atoms with van der Waals surface area (Å²) < 4.78 is 22.7. The highest BCUT2D eigenvalue weighted by molar-refractivity contribution is 4.94. The van der Waals surface area contributed by atoms with Gasteiger partial charge in [0.05, 0.1) is 12.2 Å². The van der Waals surface area contributed by atoms with Gasteiger partial charge in [-0.1, -0.05) is 13.8 Å². The van der Waals surface area contributed by atoms with Crippen LogP contribution >= 0.6 is 0 Å². The molecule has 0 aliphatic carbocycles. The second-order valence-electron chi connectivity index (χ2n) is 8.07. The van der Waals surface area contributed by atoms with E-state index >= 15 is 0 Å². The van der Waals surface area contributed by atoms with Gasteiger partial charge in [-0.2, -0.15) is 0 Å². The second-order valence-corrected chi connectivity index (χ2v) is 8.07. The van der Waals surface area contributed by atoms with Gasteiger partial charge in [-0.25, -0.2) is 0 Å². The van der Waals surface area contributed by atoms with Crippen LogP contribution in [0.3, 0.4) is 0 Å². The van der Waals surface area contributed by atoms with Crippen LogP contribution in [0.4, 0.5) is 0 Å². The van der Waals surface area contributed by atoms with E-state index in [0.717, 1.165) is 6.42 Å². The van der Waals surface area contributed by atoms with E-state index in [9.17, 15) is 25.5 Å². The third-order valence-corrected chi connectivity index (χ3v) is 5.75. The van der Waals surface area contributed by atoms with Gasteiger partial charge in [0.1, 0.15) is 42.9 Å². The average Bonchev–Trinajstić information content (AvgIpc) is 2.77. The van der Waals surface area contributed by atoms with Crippen LogP contribution in [-0.4, -0.2) is 113 Å². The van der Waals surface area contributed by atoms with Gasteiger partial charge in [-0.05, 0) is 38.8 Å². The first kappa shape index (κ1) is 26.8. The number of nitrogens with two attached hydrogens (primary N) is 1. The maximum absolute atomic E-state index is 10.7. The maximum atomic E-state index is 10.7. The zero-order valence-electron chi connectivity index (χ0n) is 18.4. The van der Waals surface area contributed by atoms with Gasteiger partial charge in [0, 0.05) is 13.2 Å². The normalized spacial score (nSPS) is 41.4. The summed E-state index contributed by atoms with van der Waals surface area (Å²) >= 11 is 0. The van der Waals surface area contributed by atoms with Crippen LogP contribution in [-0.2, 0) is 18.9 Å². The van der Waals surface area contributed by atoms with E-state index in [0.29, 0.717) is 45.6 Å². The average molecular weight is 453 g/mol. The molecule has 2 heterocycles. The van der Waals surface area contributed by atoms with Crippen molar-refractivity contribution in [2.24, 2.45) is 5.73 Å². The molecule has 0 aromatic heterocycles. The predicted octanol–water partition coefficient (Wildman–Crippen LogP) is -2.21. The molecule has 11 heteroatoms. The third-order valence-electron chi connectivity index (χ3n) is 5.75. The first-order chi connectivity index (χ1) is 14.8. The molecule has 2 fully saturated rings. The van der Waals surface area contributed by atoms with Crippen LogP contribution in [0.5, 0.6) is 0 Å². The summed E-state index contributed by atoms with van der Waals surface area (Å²) in [6.45, 7) is 5.87. The monoisotopic (exact) mass is 452 g/mol. The highest BCUT2D eigenvalue weighted by atomic mass is 16.7. The summed E-state index contributed by atoms with van der Waals surface area (Å²) in [5.41, 5.74) is 5.41. The Labute approximate surface area is 183 Å². The fourth-order valence-corrected chi connectivity index (χ4v) is 3.83. The summed E-state index contributed by atoms with van der Waals surface area (Å²) in [6, 6.07) is 0. The molecule has 0 bridgehead atoms. The quantitative estimate of drug-likeness (QED) is 0.160. The fourth-order valence-electron chi connectivity index (χ4n) is 3.83. The Bertz CT molecular complexity index is 499. The van der Waals surface area contributed by atoms with Crippen molar-refractivity contribution in [3.63, 3.8) is 0 Å². The Kier molecular flexibility index (Phi) is 11.5. The summed E-state index contributed by atoms with van der Waals surface area (Å²) in [4.78, 5) is 0. The Balaban J connectivity index is 1.90. The SMILES string of the molecule is CCC1O[C@H](O[C@@H]2C(CC)O[C@H](NCCCOCCCN)C(O)[C@H]2O)C(O)[C@@H](O)[C@@H]1O. The molecule has 31 heavy (non-hydrogen) atoms. The van der Waals surface area contributed by atoms with Crippen molar-refractivity contribution in [1.29, 1.82) is 0 Å². The van der Waals surface area contributed by atoms with Gasteiger partial charge < -0.3 is 50.2 Å². The Morgan fingerprint density at radius 2 is 1.48 bits per heavy atom. The Morgan fingerprint density at radius 1 is 0.806 bits per heavy atom. The summed E-state index contributed by atoms with van der Waals surface area (Å²) in [6.07, 6.45) is -8.77. The molecule has 0 aromatic carbocycles. The van der Waals surface area contributed by atoms with Gasteiger partial charge in [0.15, 0.2) is 6.29 Å². The van der Waals surface area contributed by atoms with E-state index in [4.69, 9.17) is 24.7 Å². The Morgan fingerprint density at radius 3 is 2.13 bits per heavy atom. The lowest BCUT2D eigenvalue weighted by atomic mass is 9.94. The number of hydrogen-bond acceptors (Lipinski definition) is 11. The Hall–Kier alpha value is -0.440. The topological polar surface area (TPSA) is 176 Å². The van der Waals surface area contributed by atoms with Crippen LogP contribution in [0.15, 0.2) is 0 Å². The van der Waals surface area contributed by atoms with E-state index in [2.05, 4.69) is 5.32 Å². The van der Waals surface area contributed by atoms with Gasteiger partial charge in [-0.3, -0.25) is 5.32 Å². The lowest BCUT2D eigenvalue weighted by molar-refractivity contribution is -0.339. The molecule has 0 saturated carbocycles. The molecule has 11 nitrogen and oxygen atoms in total. The van der Waals surface area contributed by atoms with E-state index in [1.165, 1.54) is 0 Å². The molecule has 8 N–H and O–H groups in total. The molecule has 4 unspecified atom stereocenters. The largest absolute Gasteiger partial charge is 0.388 e. The number of aliphatic hydroxyl groups is 5. The third kappa shape index (κ3) is 7.02. The molecule has 2 aliphatic rings. The van der Waals surface area contributed by atoms with Crippen molar-refractivity contribution < 1.29 is 44.5 Å². The van der Waals surface area contributed by atoms with Gasteiger partial charge >= 0.3 is 0 Å². The maximum Gasteiger partial charge on any atom is 0.187 e. The van der Waals surface area contributed by atoms with Crippen LogP contribution in [0, 0.1) is 0 Å². The first-order valence-electron chi connectivity index (χ1n) is 11.2. The number of nitrogens with one attached hydrogen (secondary N) is 1. The van der Waals surface area contributed by atoms with Crippen molar-refractivity contribution in [1.82, 2.24) is 5.32 Å². The van der Waals surface area contributed by atoms with Gasteiger partial charge in [0.25, 0.3) is 0 Å². The van der Waals surface area contributed by atoms with Gasteiger partial charge in [-0.15, -0.1) is 0 Å². The minimum atomic E-state index is -1.50. The van der Waals surface area contributed by atoms with Crippen LogP contribution in [0.1, 0.15) is 39.5 Å². The van der Waals surface area contributed by atoms with E-state index in [1.807, 2.05) is 6.92 Å². The van der Waals surface area contributed by atoms with E-state index in [-0.39, 0.29) is 0 Å². The summed E-state index contributed by atoms with van der Waals surface area (Å²) in [5.74, 6) is 0. The van der Waals surface area contributed by atoms with Crippen LogP contribution in [0.2, 0.25) is 0 Å². The predicted molar refractivity (Wildman–Crippen MR) is 110 cm³/mol. The standard InChI is InChI=1S/C20H40N2O9/c1-3-11-13(23)14(24)17(27)20(30-11)31-18-12(4-2)29-19(16(26)15(18)25)22-8-6-10-28-9-5-7-21/h11-20,22-27H,3-10,21H2,1-2H3/t11?,12?,13-,14+,15-,16?,17?,18-,19+,20-/m1/s1. The number of aliphatic hydroxyl groups excluding tert-OH is 5. The minimum absolute atomic E-state index is 0.399. The van der Waals surface area contributed by atoms with E-state index in [1.54, 1.807) is 6.92 Å². The lowest BCUT2D eigenvalue weighted by Gasteiger charge is -2.46. The molecule has 2 aliphatic heterocycles. The molecule has 0 radical (unpaired) electrons. The van der Waals surface area contributed by atoms with Crippen LogP contribution in [0.25, 0.3) is 0 Å². The lowest BCUT2D eigenvalue weighted by Crippen LogP contribution is -2.65. The highest BCUT2D eigenvalue weighted by Gasteiger charge is 2.49. The molecule has 2 saturated heterocycles.